The molecule has 0 atom stereocenters. The van der Waals surface area contributed by atoms with E-state index in [1.807, 2.05) is 0 Å². The van der Waals surface area contributed by atoms with E-state index in [0.717, 1.165) is 9.87 Å². The van der Waals surface area contributed by atoms with Crippen LogP contribution in [0.4, 0.5) is 5.69 Å². The Labute approximate surface area is 107 Å². The molecule has 0 radical (unpaired) electrons. The van der Waals surface area contributed by atoms with Gasteiger partial charge in [-0.1, -0.05) is 0 Å². The summed E-state index contributed by atoms with van der Waals surface area (Å²) in [6, 6.07) is 3.08. The summed E-state index contributed by atoms with van der Waals surface area (Å²) in [7, 11) is -2.45. The van der Waals surface area contributed by atoms with Gasteiger partial charge in [0.15, 0.2) is 0 Å². The van der Waals surface area contributed by atoms with Crippen molar-refractivity contribution in [3.05, 3.63) is 23.3 Å². The summed E-state index contributed by atoms with van der Waals surface area (Å²) >= 11 is 0. The van der Waals surface area contributed by atoms with Gasteiger partial charge in [-0.2, -0.15) is 4.31 Å². The summed E-state index contributed by atoms with van der Waals surface area (Å²) < 4.78 is 25.4. The molecule has 0 unspecified atom stereocenters. The van der Waals surface area contributed by atoms with Crippen LogP contribution in [0.25, 0.3) is 0 Å². The van der Waals surface area contributed by atoms with Crippen molar-refractivity contribution in [1.82, 2.24) is 4.31 Å². The number of sulfonamides is 1. The first-order valence-electron chi connectivity index (χ1n) is 5.27. The van der Waals surface area contributed by atoms with Crippen LogP contribution in [-0.2, 0) is 14.8 Å². The largest absolute Gasteiger partial charge is 0.399 e. The van der Waals surface area contributed by atoms with Gasteiger partial charge < -0.3 is 11.5 Å². The lowest BCUT2D eigenvalue weighted by Gasteiger charge is -2.18. The zero-order valence-electron chi connectivity index (χ0n) is 10.6. The highest BCUT2D eigenvalue weighted by molar-refractivity contribution is 7.89. The molecule has 6 nitrogen and oxygen atoms in total. The Morgan fingerprint density at radius 1 is 1.33 bits per heavy atom. The second-order valence-electron chi connectivity index (χ2n) is 4.19. The molecule has 0 spiro atoms. The van der Waals surface area contributed by atoms with E-state index in [4.69, 9.17) is 11.5 Å². The normalized spacial score (nSPS) is 11.8. The second kappa shape index (κ2) is 4.95. The lowest BCUT2D eigenvalue weighted by Crippen LogP contribution is -2.35. The maximum absolute atomic E-state index is 12.3. The van der Waals surface area contributed by atoms with E-state index < -0.39 is 15.9 Å². The number of benzene rings is 1. The Balaban J connectivity index is 3.33. The molecule has 0 fully saturated rings. The zero-order valence-corrected chi connectivity index (χ0v) is 11.4. The number of carbonyl (C=O) groups is 1. The molecule has 4 N–H and O–H groups in total. The van der Waals surface area contributed by atoms with Crippen LogP contribution in [-0.4, -0.2) is 32.2 Å². The molecule has 1 aromatic carbocycles. The molecule has 0 aliphatic rings. The SMILES string of the molecule is Cc1cc(N)cc(S(=O)(=O)N(C)CC(N)=O)c1C. The van der Waals surface area contributed by atoms with Crippen LogP contribution in [0.1, 0.15) is 11.1 Å². The third kappa shape index (κ3) is 2.80. The Morgan fingerprint density at radius 3 is 2.39 bits per heavy atom. The van der Waals surface area contributed by atoms with Crippen molar-refractivity contribution in [2.45, 2.75) is 18.7 Å². The van der Waals surface area contributed by atoms with E-state index in [1.165, 1.54) is 13.1 Å². The maximum atomic E-state index is 12.3. The molecule has 0 saturated carbocycles. The molecular weight excluding hydrogens is 254 g/mol. The number of primary amides is 1. The maximum Gasteiger partial charge on any atom is 0.243 e. The molecule has 1 aromatic rings. The molecule has 0 aliphatic carbocycles. The minimum atomic E-state index is -3.76. The van der Waals surface area contributed by atoms with E-state index in [2.05, 4.69) is 0 Å². The van der Waals surface area contributed by atoms with E-state index in [0.29, 0.717) is 11.3 Å². The number of aryl methyl sites for hydroxylation is 1. The summed E-state index contributed by atoms with van der Waals surface area (Å²) in [6.07, 6.45) is 0. The number of likely N-dealkylation sites (N-methyl/N-ethyl adjacent to an activating group) is 1. The minimum absolute atomic E-state index is 0.101. The number of nitrogens with two attached hydrogens (primary N) is 2. The monoisotopic (exact) mass is 271 g/mol. The lowest BCUT2D eigenvalue weighted by atomic mass is 10.1. The van der Waals surface area contributed by atoms with Crippen LogP contribution >= 0.6 is 0 Å². The predicted octanol–water partition coefficient (Wildman–Crippen LogP) is -0.00856. The molecular formula is C11H17N3O3S. The van der Waals surface area contributed by atoms with Gasteiger partial charge >= 0.3 is 0 Å². The fraction of sp³-hybridized carbons (Fsp3) is 0.364. The second-order valence-corrected chi connectivity index (χ2v) is 6.20. The Bertz CT molecular complexity index is 581. The molecule has 1 rings (SSSR count). The van der Waals surface area contributed by atoms with Crippen molar-refractivity contribution >= 4 is 21.6 Å². The number of amides is 1. The highest BCUT2D eigenvalue weighted by Gasteiger charge is 2.24. The van der Waals surface area contributed by atoms with Gasteiger partial charge in [0, 0.05) is 12.7 Å². The van der Waals surface area contributed by atoms with Crippen molar-refractivity contribution in [2.24, 2.45) is 5.73 Å². The van der Waals surface area contributed by atoms with Crippen LogP contribution in [0.2, 0.25) is 0 Å². The molecule has 0 aromatic heterocycles. The topological polar surface area (TPSA) is 106 Å². The van der Waals surface area contributed by atoms with Gasteiger partial charge in [-0.3, -0.25) is 4.79 Å². The molecule has 0 heterocycles. The highest BCUT2D eigenvalue weighted by atomic mass is 32.2. The molecule has 18 heavy (non-hydrogen) atoms. The number of anilines is 1. The average molecular weight is 271 g/mol. The van der Waals surface area contributed by atoms with Gasteiger partial charge in [-0.25, -0.2) is 8.42 Å². The minimum Gasteiger partial charge on any atom is -0.399 e. The van der Waals surface area contributed by atoms with Crippen molar-refractivity contribution in [3.63, 3.8) is 0 Å². The number of nitrogens with zero attached hydrogens (tertiary/aromatic N) is 1. The molecule has 1 amide bonds. The number of nitrogen functional groups attached to an aromatic ring is 1. The van der Waals surface area contributed by atoms with Crippen LogP contribution < -0.4 is 11.5 Å². The Morgan fingerprint density at radius 2 is 1.89 bits per heavy atom. The fourth-order valence-electron chi connectivity index (χ4n) is 1.59. The third-order valence-corrected chi connectivity index (χ3v) is 4.64. The van der Waals surface area contributed by atoms with Crippen LogP contribution in [0.3, 0.4) is 0 Å². The van der Waals surface area contributed by atoms with Gasteiger partial charge in [0.25, 0.3) is 0 Å². The quantitative estimate of drug-likeness (QED) is 0.751. The molecule has 0 aliphatic heterocycles. The van der Waals surface area contributed by atoms with Crippen molar-refractivity contribution in [2.75, 3.05) is 19.3 Å². The standard InChI is InChI=1S/C11H17N3O3S/c1-7-4-9(12)5-10(8(7)2)18(16,17)14(3)6-11(13)15/h4-5H,6,12H2,1-3H3,(H2,13,15). The Hall–Kier alpha value is -1.60. The fourth-order valence-corrected chi connectivity index (χ4v) is 3.06. The summed E-state index contributed by atoms with van der Waals surface area (Å²) in [5.41, 5.74) is 12.4. The van der Waals surface area contributed by atoms with Crippen LogP contribution in [0, 0.1) is 13.8 Å². The first-order chi connectivity index (χ1) is 8.16. The van der Waals surface area contributed by atoms with Crippen molar-refractivity contribution < 1.29 is 13.2 Å². The number of carbonyl (C=O) groups excluding carboxylic acids is 1. The molecule has 7 heteroatoms. The summed E-state index contributed by atoms with van der Waals surface area (Å²) in [4.78, 5) is 10.9. The zero-order chi connectivity index (χ0) is 14.1. The lowest BCUT2D eigenvalue weighted by molar-refractivity contribution is -0.118. The van der Waals surface area contributed by atoms with Crippen LogP contribution in [0.5, 0.6) is 0 Å². The van der Waals surface area contributed by atoms with E-state index >= 15 is 0 Å². The predicted molar refractivity (Wildman–Crippen MR) is 69.3 cm³/mol. The molecule has 0 saturated heterocycles. The third-order valence-electron chi connectivity index (χ3n) is 2.71. The summed E-state index contributed by atoms with van der Waals surface area (Å²) in [6.45, 7) is 3.11. The van der Waals surface area contributed by atoms with E-state index in [9.17, 15) is 13.2 Å². The number of hydrogen-bond acceptors (Lipinski definition) is 4. The smallest absolute Gasteiger partial charge is 0.243 e. The van der Waals surface area contributed by atoms with Gasteiger partial charge in [0.05, 0.1) is 11.4 Å². The highest BCUT2D eigenvalue weighted by Crippen LogP contribution is 2.24. The first-order valence-corrected chi connectivity index (χ1v) is 6.71. The van der Waals surface area contributed by atoms with Gasteiger partial charge in [0.1, 0.15) is 0 Å². The number of rotatable bonds is 4. The van der Waals surface area contributed by atoms with E-state index in [-0.39, 0.29) is 11.4 Å². The van der Waals surface area contributed by atoms with Crippen molar-refractivity contribution in [1.29, 1.82) is 0 Å². The number of hydrogen-bond donors (Lipinski definition) is 2. The van der Waals surface area contributed by atoms with Crippen molar-refractivity contribution in [3.8, 4) is 0 Å². The summed E-state index contributed by atoms with van der Waals surface area (Å²) in [5.74, 6) is -0.709. The van der Waals surface area contributed by atoms with Gasteiger partial charge in [-0.15, -0.1) is 0 Å². The van der Waals surface area contributed by atoms with E-state index in [1.54, 1.807) is 19.9 Å². The Kier molecular flexibility index (Phi) is 3.98. The molecule has 100 valence electrons. The summed E-state index contributed by atoms with van der Waals surface area (Å²) in [5, 5.41) is 0. The molecule has 0 bridgehead atoms. The van der Waals surface area contributed by atoms with Gasteiger partial charge in [0.2, 0.25) is 15.9 Å². The average Bonchev–Trinajstić information content (AvgIpc) is 2.22. The van der Waals surface area contributed by atoms with Crippen LogP contribution in [0.15, 0.2) is 17.0 Å². The van der Waals surface area contributed by atoms with Gasteiger partial charge in [-0.05, 0) is 37.1 Å². The first kappa shape index (κ1) is 14.5.